The Balaban J connectivity index is 2.28. The number of rotatable bonds is 3. The first-order valence-corrected chi connectivity index (χ1v) is 6.22. The number of anilines is 1. The molecule has 112 valence electrons. The van der Waals surface area contributed by atoms with Gasteiger partial charge < -0.3 is 14.7 Å². The topological polar surface area (TPSA) is 78.8 Å². The first kappa shape index (κ1) is 14.9. The molecule has 1 aromatic heterocycles. The van der Waals surface area contributed by atoms with Crippen LogP contribution in [0.3, 0.4) is 0 Å². The molecule has 2 rings (SSSR count). The fraction of sp³-hybridized carbons (Fsp3) is 0.667. The summed E-state index contributed by atoms with van der Waals surface area (Å²) in [6, 6.07) is -1.35. The number of hydrogen-bond donors (Lipinski definition) is 1. The molecule has 2 atom stereocenters. The van der Waals surface area contributed by atoms with E-state index in [1.54, 1.807) is 0 Å². The number of aliphatic hydroxyl groups is 1. The smallest absolute Gasteiger partial charge is 0.382 e. The predicted octanol–water partition coefficient (Wildman–Crippen LogP) is 0.762. The Morgan fingerprint density at radius 3 is 2.60 bits per heavy atom. The van der Waals surface area contributed by atoms with Crippen molar-refractivity contribution in [3.63, 3.8) is 0 Å². The molecule has 7 nitrogen and oxygen atoms in total. The van der Waals surface area contributed by atoms with Gasteiger partial charge in [0.2, 0.25) is 10.1 Å². The summed E-state index contributed by atoms with van der Waals surface area (Å²) in [6.45, 7) is 0.0465. The highest BCUT2D eigenvalue weighted by molar-refractivity contribution is 7.15. The number of alkyl halides is 3. The van der Waals surface area contributed by atoms with Gasteiger partial charge >= 0.3 is 12.2 Å². The van der Waals surface area contributed by atoms with Gasteiger partial charge in [0.05, 0.1) is 6.61 Å². The molecule has 1 aromatic rings. The van der Waals surface area contributed by atoms with Crippen molar-refractivity contribution in [2.45, 2.75) is 18.4 Å². The number of aromatic nitrogens is 2. The molecule has 0 aromatic carbocycles. The van der Waals surface area contributed by atoms with Crippen LogP contribution in [0.4, 0.5) is 23.1 Å². The van der Waals surface area contributed by atoms with Gasteiger partial charge in [0.1, 0.15) is 6.04 Å². The fourth-order valence-corrected chi connectivity index (χ4v) is 2.52. The second-order valence-corrected chi connectivity index (χ2v) is 5.04. The van der Waals surface area contributed by atoms with E-state index < -0.39 is 29.5 Å². The lowest BCUT2D eigenvalue weighted by Gasteiger charge is -2.19. The van der Waals surface area contributed by atoms with Crippen LogP contribution >= 0.6 is 11.3 Å². The molecule has 2 amide bonds. The molecule has 0 saturated carbocycles. The highest BCUT2D eigenvalue weighted by Gasteiger charge is 2.46. The molecule has 0 bridgehead atoms. The highest BCUT2D eigenvalue weighted by atomic mass is 32.1. The van der Waals surface area contributed by atoms with Crippen LogP contribution in [0.1, 0.15) is 5.01 Å². The Morgan fingerprint density at radius 1 is 1.45 bits per heavy atom. The van der Waals surface area contributed by atoms with Crippen LogP contribution in [0, 0.1) is 0 Å². The summed E-state index contributed by atoms with van der Waals surface area (Å²) in [5.41, 5.74) is 0. The summed E-state index contributed by atoms with van der Waals surface area (Å²) in [7, 11) is 2.81. The van der Waals surface area contributed by atoms with E-state index in [9.17, 15) is 23.1 Å². The minimum Gasteiger partial charge on any atom is -0.382 e. The summed E-state index contributed by atoms with van der Waals surface area (Å²) in [4.78, 5) is 13.9. The Kier molecular flexibility index (Phi) is 3.84. The summed E-state index contributed by atoms with van der Waals surface area (Å²) in [5, 5.41) is 14.9. The fourth-order valence-electron chi connectivity index (χ4n) is 1.79. The van der Waals surface area contributed by atoms with Crippen molar-refractivity contribution in [2.75, 3.05) is 25.7 Å². The third kappa shape index (κ3) is 2.43. The molecular weight excluding hydrogens is 301 g/mol. The van der Waals surface area contributed by atoms with Crippen molar-refractivity contribution >= 4 is 22.5 Å². The number of likely N-dealkylation sites (N-methyl/N-ethyl adjacent to an activating group) is 1. The van der Waals surface area contributed by atoms with Crippen LogP contribution in [0.15, 0.2) is 0 Å². The minimum atomic E-state index is -4.64. The zero-order valence-corrected chi connectivity index (χ0v) is 11.3. The average Bonchev–Trinajstić information content (AvgIpc) is 2.90. The Bertz CT molecular complexity index is 509. The summed E-state index contributed by atoms with van der Waals surface area (Å²) in [5.74, 6) is 0. The molecule has 20 heavy (non-hydrogen) atoms. The van der Waals surface area contributed by atoms with Crippen LogP contribution in [0.25, 0.3) is 0 Å². The van der Waals surface area contributed by atoms with E-state index in [0.29, 0.717) is 0 Å². The molecule has 2 heterocycles. The molecule has 1 fully saturated rings. The van der Waals surface area contributed by atoms with Crippen LogP contribution in [0.2, 0.25) is 0 Å². The quantitative estimate of drug-likeness (QED) is 0.891. The van der Waals surface area contributed by atoms with Gasteiger partial charge in [0.25, 0.3) is 0 Å². The van der Waals surface area contributed by atoms with Gasteiger partial charge in [-0.2, -0.15) is 13.2 Å². The van der Waals surface area contributed by atoms with Crippen molar-refractivity contribution in [3.05, 3.63) is 5.01 Å². The maximum Gasteiger partial charge on any atom is 0.445 e. The van der Waals surface area contributed by atoms with Gasteiger partial charge in [-0.1, -0.05) is 11.3 Å². The first-order chi connectivity index (χ1) is 9.27. The van der Waals surface area contributed by atoms with Crippen molar-refractivity contribution in [2.24, 2.45) is 0 Å². The maximum absolute atomic E-state index is 12.5. The average molecular weight is 312 g/mol. The molecule has 0 radical (unpaired) electrons. The number of urea groups is 1. The molecule has 0 aliphatic carbocycles. The number of hydrogen-bond acceptors (Lipinski definition) is 6. The lowest BCUT2D eigenvalue weighted by atomic mass is 10.3. The van der Waals surface area contributed by atoms with E-state index >= 15 is 0 Å². The molecule has 1 saturated heterocycles. The molecular formula is C9H11F3N4O3S. The van der Waals surface area contributed by atoms with Gasteiger partial charge in [-0.05, 0) is 0 Å². The summed E-state index contributed by atoms with van der Waals surface area (Å²) in [6.07, 6.45) is -5.98. The van der Waals surface area contributed by atoms with Crippen molar-refractivity contribution in [1.82, 2.24) is 15.1 Å². The van der Waals surface area contributed by atoms with E-state index in [4.69, 9.17) is 4.74 Å². The van der Waals surface area contributed by atoms with Crippen molar-refractivity contribution < 1.29 is 27.8 Å². The van der Waals surface area contributed by atoms with E-state index in [2.05, 4.69) is 10.2 Å². The molecule has 1 N–H and O–H groups in total. The van der Waals surface area contributed by atoms with Gasteiger partial charge in [0, 0.05) is 14.2 Å². The first-order valence-electron chi connectivity index (χ1n) is 5.41. The highest BCUT2D eigenvalue weighted by Crippen LogP contribution is 2.36. The molecule has 1 aliphatic heterocycles. The minimum absolute atomic E-state index is 0.0465. The predicted molar refractivity (Wildman–Crippen MR) is 62.2 cm³/mol. The van der Waals surface area contributed by atoms with E-state index in [0.717, 1.165) is 4.90 Å². The third-order valence-electron chi connectivity index (χ3n) is 2.81. The van der Waals surface area contributed by atoms with Gasteiger partial charge in [0.15, 0.2) is 6.23 Å². The number of carbonyl (C=O) groups is 1. The number of amides is 2. The normalized spacial score (nSPS) is 23.8. The molecule has 2 unspecified atom stereocenters. The van der Waals surface area contributed by atoms with Crippen LogP contribution in [-0.4, -0.2) is 59.3 Å². The number of carbonyl (C=O) groups excluding carboxylic acids is 1. The van der Waals surface area contributed by atoms with Crippen molar-refractivity contribution in [3.8, 4) is 0 Å². The molecule has 1 aliphatic rings. The standard InChI is InChI=1S/C9H11F3N4O3S/c1-15-4(3-19-2)5(17)16(8(15)18)7-14-13-6(20-7)9(10,11)12/h4-5,17H,3H2,1-2H3. The lowest BCUT2D eigenvalue weighted by Crippen LogP contribution is -2.39. The Morgan fingerprint density at radius 2 is 2.10 bits per heavy atom. The zero-order chi connectivity index (χ0) is 15.1. The SMILES string of the molecule is COCC1C(O)N(c2nnc(C(F)(F)F)s2)C(=O)N1C. The number of halogens is 3. The number of aliphatic hydroxyl groups excluding tert-OH is 1. The van der Waals surface area contributed by atoms with Crippen LogP contribution < -0.4 is 4.90 Å². The van der Waals surface area contributed by atoms with Crippen LogP contribution in [-0.2, 0) is 10.9 Å². The van der Waals surface area contributed by atoms with Crippen molar-refractivity contribution in [1.29, 1.82) is 0 Å². The van der Waals surface area contributed by atoms with E-state index in [1.807, 2.05) is 0 Å². The molecule has 0 spiro atoms. The summed E-state index contributed by atoms with van der Waals surface area (Å²) >= 11 is 0.197. The Labute approximate surface area is 115 Å². The van der Waals surface area contributed by atoms with E-state index in [1.165, 1.54) is 19.1 Å². The summed E-state index contributed by atoms with van der Waals surface area (Å²) < 4.78 is 42.3. The van der Waals surface area contributed by atoms with Gasteiger partial charge in [-0.15, -0.1) is 10.2 Å². The largest absolute Gasteiger partial charge is 0.445 e. The maximum atomic E-state index is 12.5. The number of methoxy groups -OCH3 is 1. The van der Waals surface area contributed by atoms with E-state index in [-0.39, 0.29) is 23.1 Å². The zero-order valence-electron chi connectivity index (χ0n) is 10.5. The van der Waals surface area contributed by atoms with Gasteiger partial charge in [-0.3, -0.25) is 0 Å². The third-order valence-corrected chi connectivity index (χ3v) is 3.78. The van der Waals surface area contributed by atoms with Gasteiger partial charge in [-0.25, -0.2) is 9.69 Å². The lowest BCUT2D eigenvalue weighted by molar-refractivity contribution is -0.138. The second kappa shape index (κ2) is 5.14. The Hall–Kier alpha value is -1.46. The molecule has 11 heteroatoms. The number of nitrogens with zero attached hydrogens (tertiary/aromatic N) is 4. The monoisotopic (exact) mass is 312 g/mol. The second-order valence-electron chi connectivity index (χ2n) is 4.09. The number of ether oxygens (including phenoxy) is 1. The van der Waals surface area contributed by atoms with Crippen LogP contribution in [0.5, 0.6) is 0 Å².